The number of hydrogen-bond donors (Lipinski definition) is 0. The van der Waals surface area contributed by atoms with E-state index in [1.807, 2.05) is 54.6 Å². The predicted octanol–water partition coefficient (Wildman–Crippen LogP) is 3.97. The molecule has 1 unspecified atom stereocenters. The second kappa shape index (κ2) is 8.46. The average Bonchev–Trinajstić information content (AvgIpc) is 2.52. The molecule has 20 heavy (non-hydrogen) atoms. The van der Waals surface area contributed by atoms with Crippen LogP contribution in [0.25, 0.3) is 6.08 Å². The van der Waals surface area contributed by atoms with Crippen LogP contribution in [0, 0.1) is 0 Å². The van der Waals surface area contributed by atoms with E-state index in [2.05, 4.69) is 12.1 Å². The van der Waals surface area contributed by atoms with Crippen LogP contribution in [0.1, 0.15) is 17.5 Å². The molecule has 0 heterocycles. The van der Waals surface area contributed by atoms with Crippen LogP contribution >= 0.6 is 0 Å². The molecule has 0 spiro atoms. The van der Waals surface area contributed by atoms with Gasteiger partial charge in [0.2, 0.25) is 0 Å². The van der Waals surface area contributed by atoms with Crippen LogP contribution in [0.4, 0.5) is 0 Å². The summed E-state index contributed by atoms with van der Waals surface area (Å²) in [5.41, 5.74) is 2.30. The Bertz CT molecular complexity index is 550. The highest BCUT2D eigenvalue weighted by atomic mass is 32.2. The Morgan fingerprint density at radius 2 is 1.60 bits per heavy atom. The summed E-state index contributed by atoms with van der Waals surface area (Å²) in [5, 5.41) is 1.58. The fourth-order valence-corrected chi connectivity index (χ4v) is 2.43. The summed E-state index contributed by atoms with van der Waals surface area (Å²) in [7, 11) is 0. The first kappa shape index (κ1) is 14.7. The van der Waals surface area contributed by atoms with Crippen LogP contribution in [-0.2, 0) is 21.7 Å². The van der Waals surface area contributed by atoms with Crippen LogP contribution < -0.4 is 0 Å². The van der Waals surface area contributed by atoms with Crippen molar-refractivity contribution in [3.8, 4) is 0 Å². The van der Waals surface area contributed by atoms with Gasteiger partial charge in [-0.2, -0.15) is 0 Å². The lowest BCUT2D eigenvalue weighted by molar-refractivity contribution is 0.344. The molecule has 0 bridgehead atoms. The molecule has 2 aromatic rings. The number of rotatable bonds is 7. The van der Waals surface area contributed by atoms with Crippen molar-refractivity contribution < 1.29 is 8.39 Å². The summed E-state index contributed by atoms with van der Waals surface area (Å²) in [5.74, 6) is 0. The minimum absolute atomic E-state index is 0.501. The van der Waals surface area contributed by atoms with Gasteiger partial charge in [0, 0.05) is 5.41 Å². The maximum absolute atomic E-state index is 11.6. The van der Waals surface area contributed by atoms with Gasteiger partial charge in [-0.1, -0.05) is 60.7 Å². The van der Waals surface area contributed by atoms with E-state index in [4.69, 9.17) is 4.18 Å². The Morgan fingerprint density at radius 3 is 2.30 bits per heavy atom. The zero-order valence-corrected chi connectivity index (χ0v) is 12.1. The maximum Gasteiger partial charge on any atom is 0.181 e. The summed E-state index contributed by atoms with van der Waals surface area (Å²) in [6, 6.07) is 20.0. The predicted molar refractivity (Wildman–Crippen MR) is 84.3 cm³/mol. The second-order valence-electron chi connectivity index (χ2n) is 4.39. The van der Waals surface area contributed by atoms with Crippen molar-refractivity contribution in [1.82, 2.24) is 0 Å². The molecule has 2 aromatic carbocycles. The molecule has 0 aliphatic rings. The molecule has 0 saturated heterocycles. The summed E-state index contributed by atoms with van der Waals surface area (Å²) < 4.78 is 16.9. The number of benzene rings is 2. The molecule has 104 valence electrons. The quantitative estimate of drug-likeness (QED) is 0.720. The van der Waals surface area contributed by atoms with Gasteiger partial charge < -0.3 is 0 Å². The van der Waals surface area contributed by atoms with Gasteiger partial charge in [-0.25, -0.2) is 4.21 Å². The summed E-state index contributed by atoms with van der Waals surface area (Å²) in [6.45, 7) is 0.501. The fraction of sp³-hybridized carbons (Fsp3) is 0.176. The van der Waals surface area contributed by atoms with Gasteiger partial charge in [-0.3, -0.25) is 4.18 Å². The molecular formula is C17H18O2S. The third-order valence-electron chi connectivity index (χ3n) is 2.82. The molecule has 3 heteroatoms. The third kappa shape index (κ3) is 5.51. The molecule has 2 nitrogen and oxygen atoms in total. The van der Waals surface area contributed by atoms with Crippen LogP contribution in [0.5, 0.6) is 0 Å². The molecule has 0 N–H and O–H groups in total. The Hall–Kier alpha value is -1.71. The Labute approximate surface area is 122 Å². The van der Waals surface area contributed by atoms with Crippen LogP contribution in [-0.4, -0.2) is 10.8 Å². The monoisotopic (exact) mass is 286 g/mol. The molecule has 2 rings (SSSR count). The van der Waals surface area contributed by atoms with E-state index in [0.717, 1.165) is 18.4 Å². The molecule has 0 aliphatic carbocycles. The van der Waals surface area contributed by atoms with Crippen molar-refractivity contribution in [2.75, 3.05) is 6.61 Å². The zero-order chi connectivity index (χ0) is 14.0. The molecular weight excluding hydrogens is 268 g/mol. The maximum atomic E-state index is 11.6. The van der Waals surface area contributed by atoms with Crippen molar-refractivity contribution in [2.24, 2.45) is 0 Å². The van der Waals surface area contributed by atoms with Gasteiger partial charge in [0.05, 0.1) is 6.61 Å². The second-order valence-corrected chi connectivity index (χ2v) is 5.41. The van der Waals surface area contributed by atoms with Gasteiger partial charge in [0.25, 0.3) is 0 Å². The van der Waals surface area contributed by atoms with E-state index in [1.54, 1.807) is 5.41 Å². The average molecular weight is 286 g/mol. The van der Waals surface area contributed by atoms with Crippen molar-refractivity contribution in [1.29, 1.82) is 0 Å². The van der Waals surface area contributed by atoms with Gasteiger partial charge in [0.15, 0.2) is 11.1 Å². The lowest BCUT2D eigenvalue weighted by Crippen LogP contribution is -1.98. The highest BCUT2D eigenvalue weighted by molar-refractivity contribution is 7.83. The fourth-order valence-electron chi connectivity index (χ4n) is 1.80. The smallest absolute Gasteiger partial charge is 0.181 e. The van der Waals surface area contributed by atoms with E-state index in [1.165, 1.54) is 5.56 Å². The van der Waals surface area contributed by atoms with E-state index >= 15 is 0 Å². The van der Waals surface area contributed by atoms with Gasteiger partial charge in [-0.05, 0) is 30.0 Å². The minimum Gasteiger partial charge on any atom is -0.287 e. The van der Waals surface area contributed by atoms with Crippen molar-refractivity contribution in [2.45, 2.75) is 12.8 Å². The molecule has 0 amide bonds. The molecule has 0 aliphatic heterocycles. The highest BCUT2D eigenvalue weighted by Crippen LogP contribution is 2.05. The Balaban J connectivity index is 1.67. The van der Waals surface area contributed by atoms with Crippen molar-refractivity contribution >= 4 is 17.2 Å². The largest absolute Gasteiger partial charge is 0.287 e. The first-order valence-electron chi connectivity index (χ1n) is 6.65. The zero-order valence-electron chi connectivity index (χ0n) is 11.3. The van der Waals surface area contributed by atoms with Crippen LogP contribution in [0.3, 0.4) is 0 Å². The highest BCUT2D eigenvalue weighted by Gasteiger charge is 1.96. The molecule has 0 saturated carbocycles. The van der Waals surface area contributed by atoms with E-state index in [-0.39, 0.29) is 0 Å². The van der Waals surface area contributed by atoms with Gasteiger partial charge >= 0.3 is 0 Å². The lowest BCUT2D eigenvalue weighted by Gasteiger charge is -2.01. The minimum atomic E-state index is -1.36. The first-order valence-corrected chi connectivity index (χ1v) is 7.79. The van der Waals surface area contributed by atoms with Gasteiger partial charge in [0.1, 0.15) is 0 Å². The number of aryl methyl sites for hydroxylation is 1. The summed E-state index contributed by atoms with van der Waals surface area (Å²) in [4.78, 5) is 0. The van der Waals surface area contributed by atoms with Crippen LogP contribution in [0.15, 0.2) is 66.1 Å². The third-order valence-corrected chi connectivity index (χ3v) is 3.58. The Kier molecular flexibility index (Phi) is 6.21. The summed E-state index contributed by atoms with van der Waals surface area (Å²) >= 11 is -1.36. The standard InChI is InChI=1S/C17H18O2S/c18-20(15-13-17-10-5-2-6-11-17)19-14-7-12-16-8-3-1-4-9-16/h1-6,8-11,13,15H,7,12,14H2/b15-13-. The normalized spacial score (nSPS) is 12.6. The van der Waals surface area contributed by atoms with E-state index in [9.17, 15) is 4.21 Å². The first-order chi connectivity index (χ1) is 9.84. The Morgan fingerprint density at radius 1 is 0.950 bits per heavy atom. The molecule has 0 fully saturated rings. The topological polar surface area (TPSA) is 26.3 Å². The van der Waals surface area contributed by atoms with Gasteiger partial charge in [-0.15, -0.1) is 0 Å². The SMILES string of the molecule is O=S(/C=C\c1ccccc1)OCCCc1ccccc1. The van der Waals surface area contributed by atoms with E-state index in [0.29, 0.717) is 6.61 Å². The molecule has 1 atom stereocenters. The van der Waals surface area contributed by atoms with Crippen LogP contribution in [0.2, 0.25) is 0 Å². The number of hydrogen-bond acceptors (Lipinski definition) is 2. The van der Waals surface area contributed by atoms with E-state index < -0.39 is 11.1 Å². The summed E-state index contributed by atoms with van der Waals surface area (Å²) in [6.07, 6.45) is 3.63. The molecule has 0 radical (unpaired) electrons. The molecule has 0 aromatic heterocycles. The van der Waals surface area contributed by atoms with Crippen molar-refractivity contribution in [3.63, 3.8) is 0 Å². The van der Waals surface area contributed by atoms with Crippen molar-refractivity contribution in [3.05, 3.63) is 77.2 Å². The lowest BCUT2D eigenvalue weighted by atomic mass is 10.1.